The summed E-state index contributed by atoms with van der Waals surface area (Å²) < 4.78 is 34.4. The first kappa shape index (κ1) is 14.2. The molecule has 114 valence electrons. The van der Waals surface area contributed by atoms with E-state index in [-0.39, 0.29) is 17.5 Å². The van der Waals surface area contributed by atoms with E-state index in [1.807, 2.05) is 0 Å². The second kappa shape index (κ2) is 5.53. The Morgan fingerprint density at radius 1 is 1.48 bits per heavy atom. The van der Waals surface area contributed by atoms with Gasteiger partial charge in [0, 0.05) is 25.2 Å². The number of likely N-dealkylation sites (tertiary alicyclic amines) is 1. The van der Waals surface area contributed by atoms with E-state index in [9.17, 15) is 18.9 Å². The Balaban J connectivity index is 1.79. The van der Waals surface area contributed by atoms with Crippen LogP contribution in [0.2, 0.25) is 0 Å². The quantitative estimate of drug-likeness (QED) is 0.616. The minimum atomic E-state index is -3.00. The van der Waals surface area contributed by atoms with Gasteiger partial charge in [0.05, 0.1) is 23.7 Å². The molecule has 2 bridgehead atoms. The van der Waals surface area contributed by atoms with Gasteiger partial charge in [-0.1, -0.05) is 0 Å². The van der Waals surface area contributed by atoms with Crippen LogP contribution in [0, 0.1) is 10.1 Å². The topological polar surface area (TPSA) is 64.8 Å². The van der Waals surface area contributed by atoms with Crippen molar-refractivity contribution in [2.45, 2.75) is 31.7 Å². The SMILES string of the molecule is O=[N+]([O-])c1cc(CN2CC3CC2CO3)cc(OC(F)F)c1. The third-order valence-corrected chi connectivity index (χ3v) is 3.79. The smallest absolute Gasteiger partial charge is 0.387 e. The molecule has 3 rings (SSSR count). The van der Waals surface area contributed by atoms with Crippen molar-refractivity contribution in [1.29, 1.82) is 0 Å². The van der Waals surface area contributed by atoms with Gasteiger partial charge in [-0.25, -0.2) is 0 Å². The van der Waals surface area contributed by atoms with Crippen molar-refractivity contribution in [3.05, 3.63) is 33.9 Å². The third kappa shape index (κ3) is 3.11. The summed E-state index contributed by atoms with van der Waals surface area (Å²) in [4.78, 5) is 12.4. The van der Waals surface area contributed by atoms with Crippen LogP contribution in [-0.2, 0) is 11.3 Å². The summed E-state index contributed by atoms with van der Waals surface area (Å²) in [6, 6.07) is 4.13. The number of nitro benzene ring substituents is 1. The molecule has 2 aliphatic rings. The number of alkyl halides is 2. The molecule has 21 heavy (non-hydrogen) atoms. The first-order valence-corrected chi connectivity index (χ1v) is 6.60. The van der Waals surface area contributed by atoms with E-state index in [1.54, 1.807) is 0 Å². The van der Waals surface area contributed by atoms with Crippen molar-refractivity contribution in [2.75, 3.05) is 13.2 Å². The second-order valence-corrected chi connectivity index (χ2v) is 5.25. The van der Waals surface area contributed by atoms with Crippen LogP contribution in [0.4, 0.5) is 14.5 Å². The van der Waals surface area contributed by atoms with Gasteiger partial charge in [-0.15, -0.1) is 0 Å². The number of rotatable bonds is 5. The number of nitrogens with zero attached hydrogens (tertiary/aromatic N) is 2. The fourth-order valence-corrected chi connectivity index (χ4v) is 2.92. The maximum atomic E-state index is 12.3. The zero-order valence-electron chi connectivity index (χ0n) is 11.1. The lowest BCUT2D eigenvalue weighted by atomic mass is 10.1. The third-order valence-electron chi connectivity index (χ3n) is 3.79. The van der Waals surface area contributed by atoms with Gasteiger partial charge in [-0.2, -0.15) is 8.78 Å². The summed E-state index contributed by atoms with van der Waals surface area (Å²) >= 11 is 0. The molecule has 2 unspecified atom stereocenters. The van der Waals surface area contributed by atoms with Crippen LogP contribution in [0.1, 0.15) is 12.0 Å². The Kier molecular flexibility index (Phi) is 3.73. The van der Waals surface area contributed by atoms with Crippen molar-refractivity contribution < 1.29 is 23.2 Å². The summed E-state index contributed by atoms with van der Waals surface area (Å²) in [7, 11) is 0. The van der Waals surface area contributed by atoms with Crippen molar-refractivity contribution in [3.63, 3.8) is 0 Å². The molecule has 0 N–H and O–H groups in total. The van der Waals surface area contributed by atoms with Gasteiger partial charge in [-0.3, -0.25) is 15.0 Å². The lowest BCUT2D eigenvalue weighted by Gasteiger charge is -2.26. The standard InChI is InChI=1S/C13H14F2N2O4/c14-13(15)21-11-2-8(1-9(3-11)17(18)19)5-16-6-12-4-10(16)7-20-12/h1-3,10,12-13H,4-7H2. The first-order valence-electron chi connectivity index (χ1n) is 6.60. The summed E-state index contributed by atoms with van der Waals surface area (Å²) in [5, 5.41) is 10.9. The number of halogens is 2. The average molecular weight is 300 g/mol. The van der Waals surface area contributed by atoms with Crippen LogP contribution in [-0.4, -0.2) is 41.7 Å². The number of fused-ring (bicyclic) bond motifs is 2. The number of ether oxygens (including phenoxy) is 2. The van der Waals surface area contributed by atoms with Crippen molar-refractivity contribution in [1.82, 2.24) is 4.90 Å². The Labute approximate surface area is 119 Å². The van der Waals surface area contributed by atoms with Gasteiger partial charge in [0.2, 0.25) is 0 Å². The number of non-ortho nitro benzene ring substituents is 1. The van der Waals surface area contributed by atoms with Gasteiger partial charge in [0.15, 0.2) is 0 Å². The normalized spacial score (nSPS) is 24.7. The summed E-state index contributed by atoms with van der Waals surface area (Å²) in [5.41, 5.74) is 0.344. The second-order valence-electron chi connectivity index (χ2n) is 5.25. The molecule has 2 fully saturated rings. The molecule has 0 saturated carbocycles. The lowest BCUT2D eigenvalue weighted by molar-refractivity contribution is -0.385. The Morgan fingerprint density at radius 3 is 2.86 bits per heavy atom. The molecule has 8 heteroatoms. The van der Waals surface area contributed by atoms with Crippen LogP contribution in [0.25, 0.3) is 0 Å². The molecule has 2 aliphatic heterocycles. The summed E-state index contributed by atoms with van der Waals surface area (Å²) in [6.07, 6.45) is 1.17. The maximum Gasteiger partial charge on any atom is 0.387 e. The fraction of sp³-hybridized carbons (Fsp3) is 0.538. The minimum absolute atomic E-state index is 0.185. The highest BCUT2D eigenvalue weighted by molar-refractivity contribution is 5.43. The Hall–Kier alpha value is -1.80. The summed E-state index contributed by atoms with van der Waals surface area (Å²) in [6.45, 7) is -1.12. The van der Waals surface area contributed by atoms with Crippen molar-refractivity contribution >= 4 is 5.69 Å². The highest BCUT2D eigenvalue weighted by Gasteiger charge is 2.38. The van der Waals surface area contributed by atoms with Gasteiger partial charge in [0.1, 0.15) is 5.75 Å². The molecule has 0 aliphatic carbocycles. The van der Waals surface area contributed by atoms with E-state index < -0.39 is 11.5 Å². The highest BCUT2D eigenvalue weighted by atomic mass is 19.3. The molecule has 0 amide bonds. The Bertz CT molecular complexity index is 555. The van der Waals surface area contributed by atoms with Gasteiger partial charge in [-0.05, 0) is 18.1 Å². The van der Waals surface area contributed by atoms with Gasteiger partial charge < -0.3 is 9.47 Å². The molecule has 1 aromatic carbocycles. The molecule has 2 heterocycles. The van der Waals surface area contributed by atoms with Crippen LogP contribution in [0.3, 0.4) is 0 Å². The fourth-order valence-electron chi connectivity index (χ4n) is 2.92. The van der Waals surface area contributed by atoms with Crippen LogP contribution < -0.4 is 4.74 Å². The average Bonchev–Trinajstić information content (AvgIpc) is 2.99. The number of hydrogen-bond acceptors (Lipinski definition) is 5. The number of nitro groups is 1. The van der Waals surface area contributed by atoms with E-state index in [2.05, 4.69) is 9.64 Å². The van der Waals surface area contributed by atoms with Gasteiger partial charge in [0.25, 0.3) is 5.69 Å². The Morgan fingerprint density at radius 2 is 2.29 bits per heavy atom. The zero-order valence-corrected chi connectivity index (χ0v) is 11.1. The molecule has 0 spiro atoms. The van der Waals surface area contributed by atoms with Crippen molar-refractivity contribution in [3.8, 4) is 5.75 Å². The number of benzene rings is 1. The molecular formula is C13H14F2N2O4. The zero-order chi connectivity index (χ0) is 15.0. The maximum absolute atomic E-state index is 12.3. The van der Waals surface area contributed by atoms with E-state index in [1.165, 1.54) is 12.1 Å². The molecule has 2 saturated heterocycles. The van der Waals surface area contributed by atoms with Crippen LogP contribution in [0.15, 0.2) is 18.2 Å². The highest BCUT2D eigenvalue weighted by Crippen LogP contribution is 2.31. The minimum Gasteiger partial charge on any atom is -0.435 e. The predicted molar refractivity (Wildman–Crippen MR) is 68.3 cm³/mol. The molecule has 0 aromatic heterocycles. The lowest BCUT2D eigenvalue weighted by Crippen LogP contribution is -2.36. The molecule has 0 radical (unpaired) electrons. The molecule has 1 aromatic rings. The summed E-state index contributed by atoms with van der Waals surface area (Å²) in [5.74, 6) is -0.185. The van der Waals surface area contributed by atoms with E-state index in [4.69, 9.17) is 4.74 Å². The van der Waals surface area contributed by atoms with E-state index in [0.717, 1.165) is 19.0 Å². The number of hydrogen-bond donors (Lipinski definition) is 0. The molecule has 2 atom stereocenters. The van der Waals surface area contributed by atoms with Crippen LogP contribution >= 0.6 is 0 Å². The van der Waals surface area contributed by atoms with Crippen molar-refractivity contribution in [2.24, 2.45) is 0 Å². The largest absolute Gasteiger partial charge is 0.435 e. The first-order chi connectivity index (χ1) is 10.0. The van der Waals surface area contributed by atoms with E-state index >= 15 is 0 Å². The van der Waals surface area contributed by atoms with Crippen LogP contribution in [0.5, 0.6) is 5.75 Å². The molecule has 6 nitrogen and oxygen atoms in total. The monoisotopic (exact) mass is 300 g/mol. The van der Waals surface area contributed by atoms with Gasteiger partial charge >= 0.3 is 6.61 Å². The number of morpholine rings is 1. The molecular weight excluding hydrogens is 286 g/mol. The predicted octanol–water partition coefficient (Wildman–Crippen LogP) is 2.17. The van der Waals surface area contributed by atoms with E-state index in [0.29, 0.717) is 24.8 Å².